The van der Waals surface area contributed by atoms with Crippen LogP contribution in [0.2, 0.25) is 0 Å². The van der Waals surface area contributed by atoms with Crippen LogP contribution in [0.5, 0.6) is 0 Å². The summed E-state index contributed by atoms with van der Waals surface area (Å²) >= 11 is 0. The van der Waals surface area contributed by atoms with Gasteiger partial charge in [-0.1, -0.05) is 5.16 Å². The summed E-state index contributed by atoms with van der Waals surface area (Å²) in [6.07, 6.45) is 4.43. The highest BCUT2D eigenvalue weighted by atomic mass is 16.5. The van der Waals surface area contributed by atoms with E-state index in [0.29, 0.717) is 12.0 Å². The predicted octanol–water partition coefficient (Wildman–Crippen LogP) is 1.84. The molecule has 0 spiro atoms. The van der Waals surface area contributed by atoms with E-state index in [2.05, 4.69) is 22.0 Å². The van der Waals surface area contributed by atoms with Gasteiger partial charge in [0.25, 0.3) is 0 Å². The number of likely N-dealkylation sites (tertiary alicyclic amines) is 1. The van der Waals surface area contributed by atoms with Crippen molar-refractivity contribution in [3.8, 4) is 0 Å². The van der Waals surface area contributed by atoms with Crippen LogP contribution in [0, 0.1) is 0 Å². The fraction of sp³-hybridized carbons (Fsp3) is 0.812. The molecule has 0 bridgehead atoms. The highest BCUT2D eigenvalue weighted by molar-refractivity contribution is 5.76. The molecule has 7 nitrogen and oxygen atoms in total. The Morgan fingerprint density at radius 2 is 1.87 bits per heavy atom. The molecule has 0 radical (unpaired) electrons. The molecular weight excluding hydrogens is 294 g/mol. The van der Waals surface area contributed by atoms with Crippen molar-refractivity contribution in [3.63, 3.8) is 0 Å². The van der Waals surface area contributed by atoms with Crippen LogP contribution in [0.15, 0.2) is 4.52 Å². The van der Waals surface area contributed by atoms with E-state index in [1.807, 2.05) is 16.8 Å². The molecule has 1 aromatic heterocycles. The van der Waals surface area contributed by atoms with E-state index in [9.17, 15) is 4.79 Å². The summed E-state index contributed by atoms with van der Waals surface area (Å²) in [5.74, 6) is 2.15. The van der Waals surface area contributed by atoms with Crippen molar-refractivity contribution >= 4 is 6.03 Å². The fourth-order valence-corrected chi connectivity index (χ4v) is 3.67. The number of piperidine rings is 1. The van der Waals surface area contributed by atoms with Gasteiger partial charge in [-0.3, -0.25) is 4.90 Å². The van der Waals surface area contributed by atoms with Crippen molar-refractivity contribution in [2.24, 2.45) is 0 Å². The highest BCUT2D eigenvalue weighted by Gasteiger charge is 2.36. The van der Waals surface area contributed by atoms with Gasteiger partial charge in [-0.25, -0.2) is 4.79 Å². The Labute approximate surface area is 136 Å². The first-order valence-corrected chi connectivity index (χ1v) is 8.73. The SMILES string of the molecule is CC(c1nc(C2CC2)no1)N1CCC(N2CCN(C)C2=O)CC1. The number of amides is 2. The normalized spacial score (nSPS) is 25.4. The first-order valence-electron chi connectivity index (χ1n) is 8.73. The zero-order valence-electron chi connectivity index (χ0n) is 13.9. The van der Waals surface area contributed by atoms with Gasteiger partial charge in [0.05, 0.1) is 6.04 Å². The summed E-state index contributed by atoms with van der Waals surface area (Å²) in [5.41, 5.74) is 0. The van der Waals surface area contributed by atoms with Crippen LogP contribution in [0.1, 0.15) is 56.3 Å². The molecule has 23 heavy (non-hydrogen) atoms. The molecule has 3 aliphatic rings. The van der Waals surface area contributed by atoms with Crippen LogP contribution < -0.4 is 0 Å². The predicted molar refractivity (Wildman–Crippen MR) is 84.0 cm³/mol. The third-order valence-corrected chi connectivity index (χ3v) is 5.49. The van der Waals surface area contributed by atoms with Gasteiger partial charge in [0, 0.05) is 45.2 Å². The van der Waals surface area contributed by atoms with E-state index >= 15 is 0 Å². The van der Waals surface area contributed by atoms with E-state index in [1.165, 1.54) is 12.8 Å². The van der Waals surface area contributed by atoms with E-state index in [1.54, 1.807) is 0 Å². The summed E-state index contributed by atoms with van der Waals surface area (Å²) in [5, 5.41) is 4.12. The molecule has 2 aliphatic heterocycles. The minimum Gasteiger partial charge on any atom is -0.338 e. The van der Waals surface area contributed by atoms with Crippen LogP contribution in [0.3, 0.4) is 0 Å². The quantitative estimate of drug-likeness (QED) is 0.847. The van der Waals surface area contributed by atoms with Crippen LogP contribution in [0.25, 0.3) is 0 Å². The van der Waals surface area contributed by atoms with E-state index in [4.69, 9.17) is 4.52 Å². The largest absolute Gasteiger partial charge is 0.338 e. The average Bonchev–Trinajstić information content (AvgIpc) is 3.22. The molecule has 2 saturated heterocycles. The molecule has 0 N–H and O–H groups in total. The number of likely N-dealkylation sites (N-methyl/N-ethyl adjacent to an activating group) is 1. The second-order valence-electron chi connectivity index (χ2n) is 7.11. The molecule has 1 unspecified atom stereocenters. The summed E-state index contributed by atoms with van der Waals surface area (Å²) in [6, 6.07) is 0.719. The van der Waals surface area contributed by atoms with Gasteiger partial charge in [0.15, 0.2) is 5.82 Å². The standard InChI is InChI=1S/C16H25N5O2/c1-11(15-17-14(18-23-15)12-3-4-12)20-7-5-13(6-8-20)21-10-9-19(2)16(21)22/h11-13H,3-10H2,1-2H3. The Bertz CT molecular complexity index is 577. The molecule has 4 rings (SSSR count). The van der Waals surface area contributed by atoms with Crippen molar-refractivity contribution in [2.75, 3.05) is 33.2 Å². The van der Waals surface area contributed by atoms with Gasteiger partial charge in [0.1, 0.15) is 0 Å². The highest BCUT2D eigenvalue weighted by Crippen LogP contribution is 2.38. The maximum atomic E-state index is 12.1. The van der Waals surface area contributed by atoms with E-state index in [-0.39, 0.29) is 12.1 Å². The second kappa shape index (κ2) is 5.78. The molecule has 2 amide bonds. The molecule has 0 aromatic carbocycles. The molecule has 1 atom stereocenters. The Morgan fingerprint density at radius 3 is 2.48 bits per heavy atom. The van der Waals surface area contributed by atoms with Gasteiger partial charge < -0.3 is 14.3 Å². The van der Waals surface area contributed by atoms with Crippen molar-refractivity contribution in [3.05, 3.63) is 11.7 Å². The smallest absolute Gasteiger partial charge is 0.320 e. The number of nitrogens with zero attached hydrogens (tertiary/aromatic N) is 5. The monoisotopic (exact) mass is 319 g/mol. The number of rotatable bonds is 4. The van der Waals surface area contributed by atoms with Gasteiger partial charge in [-0.2, -0.15) is 4.98 Å². The summed E-state index contributed by atoms with van der Waals surface area (Å²) in [7, 11) is 1.88. The Balaban J connectivity index is 1.34. The van der Waals surface area contributed by atoms with Crippen LogP contribution in [0.4, 0.5) is 4.79 Å². The molecule has 3 heterocycles. The van der Waals surface area contributed by atoms with Gasteiger partial charge in [0.2, 0.25) is 5.89 Å². The summed E-state index contributed by atoms with van der Waals surface area (Å²) < 4.78 is 5.46. The van der Waals surface area contributed by atoms with E-state index < -0.39 is 0 Å². The lowest BCUT2D eigenvalue weighted by Crippen LogP contribution is -2.46. The summed E-state index contributed by atoms with van der Waals surface area (Å²) in [4.78, 5) is 22.9. The number of hydrogen-bond donors (Lipinski definition) is 0. The molecule has 3 fully saturated rings. The lowest BCUT2D eigenvalue weighted by molar-refractivity contribution is 0.0963. The third kappa shape index (κ3) is 2.82. The van der Waals surface area contributed by atoms with Crippen molar-refractivity contribution in [1.82, 2.24) is 24.8 Å². The molecule has 1 aliphatic carbocycles. The Hall–Kier alpha value is -1.63. The van der Waals surface area contributed by atoms with Crippen LogP contribution >= 0.6 is 0 Å². The van der Waals surface area contributed by atoms with Crippen molar-refractivity contribution < 1.29 is 9.32 Å². The van der Waals surface area contributed by atoms with Gasteiger partial charge in [-0.05, 0) is 32.6 Å². The Morgan fingerprint density at radius 1 is 1.13 bits per heavy atom. The third-order valence-electron chi connectivity index (χ3n) is 5.49. The molecule has 1 aromatic rings. The maximum Gasteiger partial charge on any atom is 0.320 e. The van der Waals surface area contributed by atoms with Crippen molar-refractivity contribution in [1.29, 1.82) is 0 Å². The average molecular weight is 319 g/mol. The lowest BCUT2D eigenvalue weighted by Gasteiger charge is -2.38. The maximum absolute atomic E-state index is 12.1. The topological polar surface area (TPSA) is 65.7 Å². The number of carbonyl (C=O) groups is 1. The summed E-state index contributed by atoms with van der Waals surface area (Å²) in [6.45, 7) is 5.80. The van der Waals surface area contributed by atoms with Gasteiger partial charge in [-0.15, -0.1) is 0 Å². The fourth-order valence-electron chi connectivity index (χ4n) is 3.67. The first kappa shape index (κ1) is 14.9. The first-order chi connectivity index (χ1) is 11.1. The molecule has 7 heteroatoms. The number of urea groups is 1. The number of hydrogen-bond acceptors (Lipinski definition) is 5. The van der Waals surface area contributed by atoms with E-state index in [0.717, 1.165) is 50.7 Å². The molecule has 126 valence electrons. The minimum absolute atomic E-state index is 0.160. The minimum atomic E-state index is 0.160. The van der Waals surface area contributed by atoms with Crippen LogP contribution in [-0.4, -0.2) is 70.1 Å². The second-order valence-corrected chi connectivity index (χ2v) is 7.11. The lowest BCUT2D eigenvalue weighted by atomic mass is 10.0. The van der Waals surface area contributed by atoms with Gasteiger partial charge >= 0.3 is 6.03 Å². The molecule has 1 saturated carbocycles. The number of carbonyl (C=O) groups excluding carboxylic acids is 1. The number of aromatic nitrogens is 2. The molecular formula is C16H25N5O2. The zero-order chi connectivity index (χ0) is 16.0. The Kier molecular flexibility index (Phi) is 3.75. The van der Waals surface area contributed by atoms with Crippen molar-refractivity contribution in [2.45, 2.75) is 50.6 Å². The van der Waals surface area contributed by atoms with Crippen LogP contribution in [-0.2, 0) is 0 Å². The zero-order valence-corrected chi connectivity index (χ0v) is 13.9.